The smallest absolute Gasteiger partial charge is 0.440 e. The van der Waals surface area contributed by atoms with E-state index in [0.717, 1.165) is 26.1 Å². The molecule has 25 heavy (non-hydrogen) atoms. The molecule has 0 saturated heterocycles. The first-order valence-corrected chi connectivity index (χ1v) is 8.16. The molecule has 3 rings (SSSR count). The highest BCUT2D eigenvalue weighted by molar-refractivity contribution is 9.10. The van der Waals surface area contributed by atoms with Gasteiger partial charge in [-0.2, -0.15) is 0 Å². The molecular formula is C18H13BrN2O4. The summed E-state index contributed by atoms with van der Waals surface area (Å²) in [7, 11) is 0. The summed E-state index contributed by atoms with van der Waals surface area (Å²) >= 11 is 3.36. The summed E-state index contributed by atoms with van der Waals surface area (Å²) in [6.45, 7) is 0.417. The van der Waals surface area contributed by atoms with Gasteiger partial charge in [-0.15, -0.1) is 4.74 Å². The molecule has 0 fully saturated rings. The predicted octanol–water partition coefficient (Wildman–Crippen LogP) is 2.37. The zero-order chi connectivity index (χ0) is 17.6. The van der Waals surface area contributed by atoms with Gasteiger partial charge in [0.15, 0.2) is 0 Å². The summed E-state index contributed by atoms with van der Waals surface area (Å²) in [4.78, 5) is 24.5. The molecule has 0 saturated carbocycles. The average molecular weight is 401 g/mol. The molecule has 1 heterocycles. The van der Waals surface area contributed by atoms with Gasteiger partial charge in [0.1, 0.15) is 12.4 Å². The number of hydrogen-bond acceptors (Lipinski definition) is 4. The van der Waals surface area contributed by atoms with E-state index < -0.39 is 11.4 Å². The van der Waals surface area contributed by atoms with Crippen LogP contribution in [0.1, 0.15) is 11.1 Å². The summed E-state index contributed by atoms with van der Waals surface area (Å²) in [5, 5.41) is 0. The summed E-state index contributed by atoms with van der Waals surface area (Å²) in [6, 6.07) is 14.8. The molecule has 3 aromatic rings. The van der Waals surface area contributed by atoms with Gasteiger partial charge >= 0.3 is 11.4 Å². The molecule has 126 valence electrons. The van der Waals surface area contributed by atoms with Crippen LogP contribution in [0, 0.1) is 11.8 Å². The van der Waals surface area contributed by atoms with Crippen molar-refractivity contribution in [1.82, 2.24) is 9.72 Å². The average Bonchev–Trinajstić information content (AvgIpc) is 2.91. The first kappa shape index (κ1) is 16.9. The third kappa shape index (κ3) is 4.75. The number of hydrogen-bond donors (Lipinski definition) is 1. The third-order valence-electron chi connectivity index (χ3n) is 3.24. The lowest BCUT2D eigenvalue weighted by Gasteiger charge is -2.01. The Morgan fingerprint density at radius 2 is 1.96 bits per heavy atom. The molecule has 0 atom stereocenters. The Morgan fingerprint density at radius 1 is 1.16 bits per heavy atom. The number of ether oxygens (including phenoxy) is 1. The molecule has 0 aliphatic carbocycles. The lowest BCUT2D eigenvalue weighted by atomic mass is 10.1. The van der Waals surface area contributed by atoms with Gasteiger partial charge in [-0.05, 0) is 42.0 Å². The van der Waals surface area contributed by atoms with Crippen LogP contribution in [-0.2, 0) is 6.54 Å². The molecule has 2 aromatic carbocycles. The maximum Gasteiger partial charge on any atom is 0.440 e. The monoisotopic (exact) mass is 400 g/mol. The maximum absolute atomic E-state index is 11.5. The second kappa shape index (κ2) is 7.73. The molecule has 0 bridgehead atoms. The van der Waals surface area contributed by atoms with Gasteiger partial charge in [0.25, 0.3) is 0 Å². The molecule has 0 aliphatic heterocycles. The van der Waals surface area contributed by atoms with Gasteiger partial charge in [0.2, 0.25) is 0 Å². The Labute approximate surface area is 151 Å². The van der Waals surface area contributed by atoms with Crippen molar-refractivity contribution in [1.29, 1.82) is 0 Å². The second-order valence-electron chi connectivity index (χ2n) is 5.09. The van der Waals surface area contributed by atoms with E-state index in [0.29, 0.717) is 0 Å². The van der Waals surface area contributed by atoms with Crippen LogP contribution in [0.2, 0.25) is 0 Å². The van der Waals surface area contributed by atoms with Crippen molar-refractivity contribution in [3.63, 3.8) is 0 Å². The number of benzene rings is 2. The maximum atomic E-state index is 11.5. The van der Waals surface area contributed by atoms with Gasteiger partial charge < -0.3 is 9.26 Å². The van der Waals surface area contributed by atoms with Gasteiger partial charge in [-0.25, -0.2) is 14.6 Å². The normalized spacial score (nSPS) is 10.1. The Kier molecular flexibility index (Phi) is 5.21. The van der Waals surface area contributed by atoms with Crippen molar-refractivity contribution in [3.05, 3.63) is 85.2 Å². The van der Waals surface area contributed by atoms with Crippen LogP contribution in [0.15, 0.2) is 67.1 Å². The Bertz CT molecular complexity index is 1040. The van der Waals surface area contributed by atoms with E-state index in [9.17, 15) is 9.59 Å². The van der Waals surface area contributed by atoms with Crippen molar-refractivity contribution in [2.24, 2.45) is 0 Å². The van der Waals surface area contributed by atoms with Crippen LogP contribution < -0.4 is 16.2 Å². The van der Waals surface area contributed by atoms with E-state index in [2.05, 4.69) is 27.8 Å². The van der Waals surface area contributed by atoms with Crippen LogP contribution in [0.5, 0.6) is 5.75 Å². The fraction of sp³-hybridized carbons (Fsp3) is 0.111. The zero-order valence-corrected chi connectivity index (χ0v) is 14.6. The topological polar surface area (TPSA) is 77.2 Å². The van der Waals surface area contributed by atoms with Crippen LogP contribution in [-0.4, -0.2) is 16.3 Å². The van der Waals surface area contributed by atoms with E-state index in [-0.39, 0.29) is 13.2 Å². The number of aromatic amines is 1. The number of nitrogens with zero attached hydrogens (tertiary/aromatic N) is 1. The zero-order valence-electron chi connectivity index (χ0n) is 13.0. The summed E-state index contributed by atoms with van der Waals surface area (Å²) in [6.07, 6.45) is 0. The van der Waals surface area contributed by atoms with Crippen molar-refractivity contribution >= 4 is 15.9 Å². The molecule has 0 radical (unpaired) electrons. The third-order valence-corrected chi connectivity index (χ3v) is 3.77. The number of aromatic nitrogens is 2. The number of rotatable bonds is 4. The Balaban J connectivity index is 1.64. The van der Waals surface area contributed by atoms with Crippen molar-refractivity contribution < 1.29 is 9.26 Å². The Morgan fingerprint density at radius 3 is 2.68 bits per heavy atom. The molecule has 0 spiro atoms. The minimum Gasteiger partial charge on any atom is -0.481 e. The minimum atomic E-state index is -0.772. The number of nitrogens with one attached hydrogen (secondary N) is 1. The van der Waals surface area contributed by atoms with Gasteiger partial charge in [-0.1, -0.05) is 39.9 Å². The standard InChI is InChI=1S/C18H13BrN2O4/c19-15-6-8-16(9-7-15)24-10-2-5-13-3-1-4-14(11-13)12-21-17(22)20-18(23)25-21/h1,3-4,6-9,11H,10,12H2,(H,20,22,23). The van der Waals surface area contributed by atoms with E-state index in [1.807, 2.05) is 53.5 Å². The van der Waals surface area contributed by atoms with E-state index in [1.165, 1.54) is 0 Å². The summed E-state index contributed by atoms with van der Waals surface area (Å²) < 4.78 is 12.2. The first-order chi connectivity index (χ1) is 12.1. The highest BCUT2D eigenvalue weighted by Crippen LogP contribution is 2.15. The molecular weight excluding hydrogens is 388 g/mol. The van der Waals surface area contributed by atoms with Crippen LogP contribution in [0.3, 0.4) is 0 Å². The molecule has 0 amide bonds. The molecule has 1 aromatic heterocycles. The van der Waals surface area contributed by atoms with Crippen molar-refractivity contribution in [2.75, 3.05) is 6.61 Å². The van der Waals surface area contributed by atoms with Crippen LogP contribution in [0.4, 0.5) is 0 Å². The minimum absolute atomic E-state index is 0.155. The lowest BCUT2D eigenvalue weighted by molar-refractivity contribution is 0.258. The highest BCUT2D eigenvalue weighted by atomic mass is 79.9. The molecule has 0 unspecified atom stereocenters. The van der Waals surface area contributed by atoms with E-state index >= 15 is 0 Å². The SMILES string of the molecule is O=c1[nH]c(=O)n(Cc2cccc(C#CCOc3ccc(Br)cc3)c2)o1. The quantitative estimate of drug-likeness (QED) is 0.682. The largest absolute Gasteiger partial charge is 0.481 e. The highest BCUT2D eigenvalue weighted by Gasteiger charge is 2.03. The molecule has 0 aliphatic rings. The summed E-state index contributed by atoms with van der Waals surface area (Å²) in [5.41, 5.74) is 0.998. The molecule has 6 nitrogen and oxygen atoms in total. The van der Waals surface area contributed by atoms with Gasteiger partial charge in [0.05, 0.1) is 6.54 Å². The first-order valence-electron chi connectivity index (χ1n) is 7.37. The predicted molar refractivity (Wildman–Crippen MR) is 95.6 cm³/mol. The van der Waals surface area contributed by atoms with Gasteiger partial charge in [-0.3, -0.25) is 0 Å². The fourth-order valence-electron chi connectivity index (χ4n) is 2.12. The number of H-pyrrole nitrogens is 1. The fourth-order valence-corrected chi connectivity index (χ4v) is 2.38. The van der Waals surface area contributed by atoms with Crippen molar-refractivity contribution in [2.45, 2.75) is 6.54 Å². The molecule has 1 N–H and O–H groups in total. The summed E-state index contributed by atoms with van der Waals surface area (Å²) in [5.74, 6) is 5.91. The van der Waals surface area contributed by atoms with E-state index in [1.54, 1.807) is 0 Å². The van der Waals surface area contributed by atoms with Gasteiger partial charge in [0, 0.05) is 10.0 Å². The second-order valence-corrected chi connectivity index (χ2v) is 6.01. The van der Waals surface area contributed by atoms with E-state index in [4.69, 9.17) is 9.26 Å². The number of halogens is 1. The lowest BCUT2D eigenvalue weighted by Crippen LogP contribution is -2.17. The molecule has 7 heteroatoms. The van der Waals surface area contributed by atoms with Crippen LogP contribution in [0.25, 0.3) is 0 Å². The Hall–Kier alpha value is -2.98. The van der Waals surface area contributed by atoms with Crippen LogP contribution >= 0.6 is 15.9 Å². The van der Waals surface area contributed by atoms with Crippen molar-refractivity contribution in [3.8, 4) is 17.6 Å².